The number of hydrogen-bond acceptors (Lipinski definition) is 4. The highest BCUT2D eigenvalue weighted by Gasteiger charge is 2.28. The molecule has 0 saturated carbocycles. The number of anilines is 1. The normalized spacial score (nSPS) is 17.5. The second-order valence-electron chi connectivity index (χ2n) is 5.81. The number of likely N-dealkylation sites (tertiary alicyclic amines) is 1. The molecule has 1 fully saturated rings. The standard InChI is InChI=1S/C17H25N3O3/c1-3-23-15-7-5-4-6-14(15)19-17(22)12(2)20-10-8-13(9-11-20)16(18)21/h4-7,12-13H,3,8-11H2,1-2H3,(H2,18,21)(H,19,22)/t12-/m0/s1. The molecule has 1 saturated heterocycles. The number of amides is 2. The van der Waals surface area contributed by atoms with Crippen molar-refractivity contribution in [2.24, 2.45) is 11.7 Å². The summed E-state index contributed by atoms with van der Waals surface area (Å²) in [7, 11) is 0. The average molecular weight is 319 g/mol. The summed E-state index contributed by atoms with van der Waals surface area (Å²) in [6.45, 7) is 5.74. The van der Waals surface area contributed by atoms with Gasteiger partial charge in [0.1, 0.15) is 5.75 Å². The highest BCUT2D eigenvalue weighted by atomic mass is 16.5. The molecule has 1 aliphatic heterocycles. The summed E-state index contributed by atoms with van der Waals surface area (Å²) >= 11 is 0. The lowest BCUT2D eigenvalue weighted by Gasteiger charge is -2.34. The van der Waals surface area contributed by atoms with Gasteiger partial charge in [0.05, 0.1) is 18.3 Å². The first-order chi connectivity index (χ1) is 11.0. The number of benzene rings is 1. The lowest BCUT2D eigenvalue weighted by Crippen LogP contribution is -2.47. The van der Waals surface area contributed by atoms with Crippen LogP contribution in [-0.4, -0.2) is 42.5 Å². The summed E-state index contributed by atoms with van der Waals surface area (Å²) in [6.07, 6.45) is 1.42. The van der Waals surface area contributed by atoms with Crippen molar-refractivity contribution in [2.45, 2.75) is 32.7 Å². The van der Waals surface area contributed by atoms with E-state index >= 15 is 0 Å². The third kappa shape index (κ3) is 4.45. The van der Waals surface area contributed by atoms with Crippen LogP contribution in [0, 0.1) is 5.92 Å². The number of ether oxygens (including phenoxy) is 1. The van der Waals surface area contributed by atoms with E-state index in [0.29, 0.717) is 44.0 Å². The van der Waals surface area contributed by atoms with Crippen molar-refractivity contribution in [1.82, 2.24) is 4.90 Å². The maximum absolute atomic E-state index is 12.5. The van der Waals surface area contributed by atoms with Gasteiger partial charge in [-0.2, -0.15) is 0 Å². The van der Waals surface area contributed by atoms with Crippen LogP contribution in [0.4, 0.5) is 5.69 Å². The monoisotopic (exact) mass is 319 g/mol. The number of carbonyl (C=O) groups excluding carboxylic acids is 2. The molecule has 1 atom stereocenters. The topological polar surface area (TPSA) is 84.7 Å². The van der Waals surface area contributed by atoms with Gasteiger partial charge in [-0.05, 0) is 51.9 Å². The summed E-state index contributed by atoms with van der Waals surface area (Å²) in [5.74, 6) is 0.283. The average Bonchev–Trinajstić information content (AvgIpc) is 2.56. The van der Waals surface area contributed by atoms with Crippen LogP contribution in [-0.2, 0) is 9.59 Å². The van der Waals surface area contributed by atoms with Crippen LogP contribution in [0.2, 0.25) is 0 Å². The zero-order valence-electron chi connectivity index (χ0n) is 13.7. The molecule has 1 aromatic rings. The molecule has 1 heterocycles. The largest absolute Gasteiger partial charge is 0.492 e. The minimum atomic E-state index is -0.265. The Hall–Kier alpha value is -2.08. The van der Waals surface area contributed by atoms with E-state index in [-0.39, 0.29) is 23.8 Å². The van der Waals surface area contributed by atoms with E-state index in [4.69, 9.17) is 10.5 Å². The van der Waals surface area contributed by atoms with Gasteiger partial charge in [0, 0.05) is 5.92 Å². The molecule has 23 heavy (non-hydrogen) atoms. The van der Waals surface area contributed by atoms with Crippen molar-refractivity contribution in [2.75, 3.05) is 25.0 Å². The Kier molecular flexibility index (Phi) is 5.98. The minimum absolute atomic E-state index is 0.0693. The van der Waals surface area contributed by atoms with E-state index in [1.54, 1.807) is 0 Å². The zero-order valence-corrected chi connectivity index (χ0v) is 13.7. The molecule has 0 bridgehead atoms. The zero-order chi connectivity index (χ0) is 16.8. The van der Waals surface area contributed by atoms with E-state index in [9.17, 15) is 9.59 Å². The van der Waals surface area contributed by atoms with E-state index < -0.39 is 0 Å². The predicted octanol–water partition coefficient (Wildman–Crippen LogP) is 1.61. The first-order valence-electron chi connectivity index (χ1n) is 8.09. The fourth-order valence-corrected chi connectivity index (χ4v) is 2.83. The molecule has 0 radical (unpaired) electrons. The molecule has 2 rings (SSSR count). The summed E-state index contributed by atoms with van der Waals surface area (Å²) in [5.41, 5.74) is 6.02. The maximum Gasteiger partial charge on any atom is 0.241 e. The van der Waals surface area contributed by atoms with Crippen molar-refractivity contribution >= 4 is 17.5 Å². The van der Waals surface area contributed by atoms with Gasteiger partial charge in [-0.15, -0.1) is 0 Å². The van der Waals surface area contributed by atoms with Gasteiger partial charge < -0.3 is 15.8 Å². The van der Waals surface area contributed by atoms with Gasteiger partial charge in [-0.25, -0.2) is 0 Å². The summed E-state index contributed by atoms with van der Waals surface area (Å²) < 4.78 is 5.52. The lowest BCUT2D eigenvalue weighted by molar-refractivity contribution is -0.124. The molecule has 3 N–H and O–H groups in total. The van der Waals surface area contributed by atoms with Gasteiger partial charge in [0.2, 0.25) is 11.8 Å². The van der Waals surface area contributed by atoms with Crippen LogP contribution in [0.3, 0.4) is 0 Å². The number of nitrogens with one attached hydrogen (secondary N) is 1. The number of rotatable bonds is 6. The fraction of sp³-hybridized carbons (Fsp3) is 0.529. The Morgan fingerprint density at radius 1 is 1.35 bits per heavy atom. The van der Waals surface area contributed by atoms with Crippen LogP contribution in [0.5, 0.6) is 5.75 Å². The van der Waals surface area contributed by atoms with E-state index in [2.05, 4.69) is 10.2 Å². The molecule has 1 aromatic carbocycles. The molecule has 6 nitrogen and oxygen atoms in total. The molecule has 6 heteroatoms. The number of piperidine rings is 1. The van der Waals surface area contributed by atoms with Gasteiger partial charge in [-0.1, -0.05) is 12.1 Å². The number of para-hydroxylation sites is 2. The van der Waals surface area contributed by atoms with Crippen molar-refractivity contribution in [1.29, 1.82) is 0 Å². The molecular weight excluding hydrogens is 294 g/mol. The number of hydrogen-bond donors (Lipinski definition) is 2. The fourth-order valence-electron chi connectivity index (χ4n) is 2.83. The number of primary amides is 1. The maximum atomic E-state index is 12.5. The summed E-state index contributed by atoms with van der Waals surface area (Å²) in [4.78, 5) is 25.8. The first kappa shape index (κ1) is 17.3. The summed E-state index contributed by atoms with van der Waals surface area (Å²) in [5, 5.41) is 2.93. The Morgan fingerprint density at radius 2 is 2.00 bits per heavy atom. The molecule has 0 aliphatic carbocycles. The Labute approximate surface area is 137 Å². The van der Waals surface area contributed by atoms with Crippen LogP contribution in [0.1, 0.15) is 26.7 Å². The van der Waals surface area contributed by atoms with Crippen molar-refractivity contribution < 1.29 is 14.3 Å². The predicted molar refractivity (Wildman–Crippen MR) is 89.2 cm³/mol. The summed E-state index contributed by atoms with van der Waals surface area (Å²) in [6, 6.07) is 7.13. The molecule has 0 unspecified atom stereocenters. The third-order valence-electron chi connectivity index (χ3n) is 4.30. The highest BCUT2D eigenvalue weighted by Crippen LogP contribution is 2.25. The van der Waals surface area contributed by atoms with Gasteiger partial charge in [0.15, 0.2) is 0 Å². The minimum Gasteiger partial charge on any atom is -0.492 e. The van der Waals surface area contributed by atoms with E-state index in [1.807, 2.05) is 38.1 Å². The molecule has 0 aromatic heterocycles. The van der Waals surface area contributed by atoms with E-state index in [1.165, 1.54) is 0 Å². The number of carbonyl (C=O) groups is 2. The molecule has 126 valence electrons. The van der Waals surface area contributed by atoms with Crippen molar-refractivity contribution in [3.8, 4) is 5.75 Å². The van der Waals surface area contributed by atoms with Crippen LogP contribution < -0.4 is 15.8 Å². The Bertz CT molecular complexity index is 554. The van der Waals surface area contributed by atoms with Crippen molar-refractivity contribution in [3.05, 3.63) is 24.3 Å². The van der Waals surface area contributed by atoms with Crippen LogP contribution in [0.25, 0.3) is 0 Å². The molecule has 2 amide bonds. The Morgan fingerprint density at radius 3 is 2.61 bits per heavy atom. The van der Waals surface area contributed by atoms with Crippen LogP contribution in [0.15, 0.2) is 24.3 Å². The Balaban J connectivity index is 1.94. The van der Waals surface area contributed by atoms with Crippen LogP contribution >= 0.6 is 0 Å². The van der Waals surface area contributed by atoms with Gasteiger partial charge >= 0.3 is 0 Å². The molecular formula is C17H25N3O3. The number of nitrogens with zero attached hydrogens (tertiary/aromatic N) is 1. The smallest absolute Gasteiger partial charge is 0.241 e. The quantitative estimate of drug-likeness (QED) is 0.834. The SMILES string of the molecule is CCOc1ccccc1NC(=O)[C@H](C)N1CCC(C(N)=O)CC1. The van der Waals surface area contributed by atoms with Crippen molar-refractivity contribution in [3.63, 3.8) is 0 Å². The van der Waals surface area contributed by atoms with E-state index in [0.717, 1.165) is 0 Å². The third-order valence-corrected chi connectivity index (χ3v) is 4.30. The molecule has 1 aliphatic rings. The number of nitrogens with two attached hydrogens (primary N) is 1. The molecule has 0 spiro atoms. The van der Waals surface area contributed by atoms with Gasteiger partial charge in [-0.3, -0.25) is 14.5 Å². The second-order valence-corrected chi connectivity index (χ2v) is 5.81. The second kappa shape index (κ2) is 7.97. The lowest BCUT2D eigenvalue weighted by atomic mass is 9.95. The highest BCUT2D eigenvalue weighted by molar-refractivity contribution is 5.95. The van der Waals surface area contributed by atoms with Gasteiger partial charge in [0.25, 0.3) is 0 Å². The first-order valence-corrected chi connectivity index (χ1v) is 8.09.